The minimum absolute atomic E-state index is 0.0352. The van der Waals surface area contributed by atoms with Crippen LogP contribution in [0.25, 0.3) is 0 Å². The summed E-state index contributed by atoms with van der Waals surface area (Å²) in [5.74, 6) is 1.64. The van der Waals surface area contributed by atoms with Gasteiger partial charge < -0.3 is 10.5 Å². The fourth-order valence-corrected chi connectivity index (χ4v) is 3.07. The number of ether oxygens (including phenoxy) is 1. The Bertz CT molecular complexity index is 481. The smallest absolute Gasteiger partial charge is 0.118 e. The standard InChI is InChI=1S/C15H18N2O/c16-9-10-1-6-14-12(7-10)8-15(18-14)11-2-4-13(17)5-3-11/h1,4,6,10-11,15H,2-3,5,7-8,17H2. The van der Waals surface area contributed by atoms with Crippen molar-refractivity contribution in [3.63, 3.8) is 0 Å². The van der Waals surface area contributed by atoms with Gasteiger partial charge in [0.1, 0.15) is 11.9 Å². The molecule has 94 valence electrons. The van der Waals surface area contributed by atoms with Crippen LogP contribution in [-0.2, 0) is 4.74 Å². The Morgan fingerprint density at radius 3 is 3.00 bits per heavy atom. The van der Waals surface area contributed by atoms with E-state index in [4.69, 9.17) is 15.7 Å². The average molecular weight is 242 g/mol. The van der Waals surface area contributed by atoms with Crippen LogP contribution in [0.3, 0.4) is 0 Å². The van der Waals surface area contributed by atoms with Crippen LogP contribution in [-0.4, -0.2) is 6.10 Å². The topological polar surface area (TPSA) is 59.0 Å². The zero-order valence-electron chi connectivity index (χ0n) is 10.4. The maximum Gasteiger partial charge on any atom is 0.118 e. The van der Waals surface area contributed by atoms with Crippen molar-refractivity contribution in [1.82, 2.24) is 0 Å². The van der Waals surface area contributed by atoms with Crippen molar-refractivity contribution in [2.24, 2.45) is 17.6 Å². The first-order valence-electron chi connectivity index (χ1n) is 6.67. The first kappa shape index (κ1) is 11.4. The number of allylic oxidation sites excluding steroid dienone is 4. The molecule has 3 unspecified atom stereocenters. The van der Waals surface area contributed by atoms with Crippen molar-refractivity contribution in [3.8, 4) is 6.07 Å². The number of nitrogens with two attached hydrogens (primary N) is 1. The Morgan fingerprint density at radius 1 is 1.39 bits per heavy atom. The molecule has 0 saturated heterocycles. The third kappa shape index (κ3) is 2.03. The maximum absolute atomic E-state index is 8.97. The van der Waals surface area contributed by atoms with Gasteiger partial charge in [-0.15, -0.1) is 0 Å². The van der Waals surface area contributed by atoms with Gasteiger partial charge in [0.05, 0.1) is 12.0 Å². The van der Waals surface area contributed by atoms with Gasteiger partial charge in [-0.2, -0.15) is 5.26 Å². The van der Waals surface area contributed by atoms with Crippen LogP contribution >= 0.6 is 0 Å². The van der Waals surface area contributed by atoms with Crippen molar-refractivity contribution < 1.29 is 4.74 Å². The van der Waals surface area contributed by atoms with Gasteiger partial charge in [0, 0.05) is 18.0 Å². The van der Waals surface area contributed by atoms with Crippen molar-refractivity contribution in [2.45, 2.75) is 38.2 Å². The molecule has 1 heterocycles. The zero-order chi connectivity index (χ0) is 12.5. The van der Waals surface area contributed by atoms with Crippen LogP contribution in [0.15, 0.2) is 35.3 Å². The summed E-state index contributed by atoms with van der Waals surface area (Å²) < 4.78 is 6.05. The van der Waals surface area contributed by atoms with E-state index in [1.165, 1.54) is 5.57 Å². The quantitative estimate of drug-likeness (QED) is 0.769. The van der Waals surface area contributed by atoms with Crippen LogP contribution in [0, 0.1) is 23.2 Å². The summed E-state index contributed by atoms with van der Waals surface area (Å²) in [5.41, 5.74) is 8.16. The van der Waals surface area contributed by atoms with Crippen molar-refractivity contribution in [3.05, 3.63) is 35.3 Å². The predicted molar refractivity (Wildman–Crippen MR) is 69.0 cm³/mol. The molecular formula is C15H18N2O. The van der Waals surface area contributed by atoms with Crippen LogP contribution in [0.1, 0.15) is 32.1 Å². The molecule has 0 bridgehead atoms. The monoisotopic (exact) mass is 242 g/mol. The summed E-state index contributed by atoms with van der Waals surface area (Å²) in [7, 11) is 0. The molecule has 1 aliphatic heterocycles. The second-order valence-corrected chi connectivity index (χ2v) is 5.44. The molecule has 3 atom stereocenters. The molecule has 2 aliphatic carbocycles. The molecule has 0 aromatic carbocycles. The normalized spacial score (nSPS) is 34.6. The molecule has 3 rings (SSSR count). The first-order valence-corrected chi connectivity index (χ1v) is 6.67. The summed E-state index contributed by atoms with van der Waals surface area (Å²) in [6.45, 7) is 0. The first-order chi connectivity index (χ1) is 8.76. The van der Waals surface area contributed by atoms with Crippen molar-refractivity contribution in [2.75, 3.05) is 0 Å². The van der Waals surface area contributed by atoms with E-state index in [2.05, 4.69) is 12.1 Å². The minimum Gasteiger partial charge on any atom is -0.490 e. The summed E-state index contributed by atoms with van der Waals surface area (Å²) in [4.78, 5) is 0. The molecule has 0 radical (unpaired) electrons. The highest BCUT2D eigenvalue weighted by Gasteiger charge is 2.33. The molecule has 2 N–H and O–H groups in total. The van der Waals surface area contributed by atoms with Crippen molar-refractivity contribution >= 4 is 0 Å². The molecular weight excluding hydrogens is 224 g/mol. The minimum atomic E-state index is 0.0352. The SMILES string of the molecule is N#CC1C=CC2=C(C1)CC(C1CC=C(N)CC1)O2. The molecule has 0 fully saturated rings. The Balaban J connectivity index is 1.65. The van der Waals surface area contributed by atoms with Gasteiger partial charge in [0.15, 0.2) is 0 Å². The van der Waals surface area contributed by atoms with Gasteiger partial charge in [0.25, 0.3) is 0 Å². The van der Waals surface area contributed by atoms with Gasteiger partial charge in [-0.05, 0) is 37.3 Å². The number of hydrogen-bond donors (Lipinski definition) is 1. The molecule has 0 spiro atoms. The third-order valence-electron chi connectivity index (χ3n) is 4.20. The van der Waals surface area contributed by atoms with Gasteiger partial charge in [-0.3, -0.25) is 0 Å². The Labute approximate surface area is 108 Å². The summed E-state index contributed by atoms with van der Waals surface area (Å²) in [5, 5.41) is 8.97. The number of nitriles is 1. The summed E-state index contributed by atoms with van der Waals surface area (Å²) >= 11 is 0. The van der Waals surface area contributed by atoms with E-state index in [9.17, 15) is 0 Å². The maximum atomic E-state index is 8.97. The molecule has 18 heavy (non-hydrogen) atoms. The Kier molecular flexibility index (Phi) is 2.87. The third-order valence-corrected chi connectivity index (χ3v) is 4.20. The van der Waals surface area contributed by atoms with Gasteiger partial charge in [0.2, 0.25) is 0 Å². The summed E-state index contributed by atoms with van der Waals surface area (Å²) in [6.07, 6.45) is 11.4. The molecule has 0 saturated carbocycles. The number of rotatable bonds is 1. The zero-order valence-corrected chi connectivity index (χ0v) is 10.4. The fraction of sp³-hybridized carbons (Fsp3) is 0.533. The van der Waals surface area contributed by atoms with E-state index < -0.39 is 0 Å². The van der Waals surface area contributed by atoms with Crippen LogP contribution in [0.2, 0.25) is 0 Å². The van der Waals surface area contributed by atoms with Gasteiger partial charge >= 0.3 is 0 Å². The predicted octanol–water partition coefficient (Wildman–Crippen LogP) is 2.77. The van der Waals surface area contributed by atoms with E-state index in [1.807, 2.05) is 12.2 Å². The highest BCUT2D eigenvalue weighted by Crippen LogP contribution is 2.40. The Hall–Kier alpha value is -1.69. The van der Waals surface area contributed by atoms with E-state index in [0.717, 1.165) is 43.6 Å². The lowest BCUT2D eigenvalue weighted by atomic mass is 9.84. The van der Waals surface area contributed by atoms with Crippen LogP contribution < -0.4 is 5.73 Å². The number of nitrogens with zero attached hydrogens (tertiary/aromatic N) is 1. The molecule has 0 aromatic rings. The molecule has 0 amide bonds. The van der Waals surface area contributed by atoms with Crippen LogP contribution in [0.4, 0.5) is 0 Å². The molecule has 3 aliphatic rings. The summed E-state index contributed by atoms with van der Waals surface area (Å²) in [6, 6.07) is 2.31. The lowest BCUT2D eigenvalue weighted by Gasteiger charge is -2.26. The Morgan fingerprint density at radius 2 is 2.28 bits per heavy atom. The average Bonchev–Trinajstić information content (AvgIpc) is 2.82. The molecule has 3 nitrogen and oxygen atoms in total. The van der Waals surface area contributed by atoms with E-state index in [0.29, 0.717) is 12.0 Å². The van der Waals surface area contributed by atoms with Crippen LogP contribution in [0.5, 0.6) is 0 Å². The van der Waals surface area contributed by atoms with E-state index in [-0.39, 0.29) is 5.92 Å². The highest BCUT2D eigenvalue weighted by molar-refractivity contribution is 5.32. The fourth-order valence-electron chi connectivity index (χ4n) is 3.07. The van der Waals surface area contributed by atoms with Gasteiger partial charge in [-0.1, -0.05) is 12.2 Å². The van der Waals surface area contributed by atoms with E-state index in [1.54, 1.807) is 0 Å². The lowest BCUT2D eigenvalue weighted by Crippen LogP contribution is -2.23. The van der Waals surface area contributed by atoms with Crippen molar-refractivity contribution in [1.29, 1.82) is 5.26 Å². The van der Waals surface area contributed by atoms with E-state index >= 15 is 0 Å². The second kappa shape index (κ2) is 4.53. The van der Waals surface area contributed by atoms with Gasteiger partial charge in [-0.25, -0.2) is 0 Å². The molecule has 3 heteroatoms. The number of hydrogen-bond acceptors (Lipinski definition) is 3. The second-order valence-electron chi connectivity index (χ2n) is 5.44. The lowest BCUT2D eigenvalue weighted by molar-refractivity contribution is 0.0886. The molecule has 0 aromatic heterocycles. The highest BCUT2D eigenvalue weighted by atomic mass is 16.5. The largest absolute Gasteiger partial charge is 0.490 e.